The molecule has 0 radical (unpaired) electrons. The summed E-state index contributed by atoms with van der Waals surface area (Å²) in [5.41, 5.74) is 0.378. The third-order valence-electron chi connectivity index (χ3n) is 5.82. The fourth-order valence-corrected chi connectivity index (χ4v) is 4.23. The van der Waals surface area contributed by atoms with Crippen LogP contribution in [-0.2, 0) is 0 Å². The molecule has 0 spiro atoms. The van der Waals surface area contributed by atoms with Crippen LogP contribution in [-0.4, -0.2) is 60.3 Å². The molecule has 0 aromatic heterocycles. The Morgan fingerprint density at radius 3 is 2.52 bits per heavy atom. The van der Waals surface area contributed by atoms with Gasteiger partial charge < -0.3 is 10.0 Å². The molecular formula is C18H36N2O. The second kappa shape index (κ2) is 6.97. The summed E-state index contributed by atoms with van der Waals surface area (Å²) in [5, 5.41) is 10.5. The molecular weight excluding hydrogens is 260 g/mol. The highest BCUT2D eigenvalue weighted by molar-refractivity contribution is 4.88. The van der Waals surface area contributed by atoms with Crippen LogP contribution in [0.25, 0.3) is 0 Å². The van der Waals surface area contributed by atoms with Gasteiger partial charge in [0.25, 0.3) is 0 Å². The van der Waals surface area contributed by atoms with Crippen molar-refractivity contribution in [2.75, 3.05) is 33.2 Å². The molecule has 4 atom stereocenters. The van der Waals surface area contributed by atoms with Gasteiger partial charge in [-0.3, -0.25) is 4.90 Å². The Morgan fingerprint density at radius 1 is 1.14 bits per heavy atom. The lowest BCUT2D eigenvalue weighted by atomic mass is 9.68. The van der Waals surface area contributed by atoms with Crippen molar-refractivity contribution >= 4 is 0 Å². The minimum absolute atomic E-state index is 0.0863. The first-order valence-electron chi connectivity index (χ1n) is 8.88. The average Bonchev–Trinajstić information content (AvgIpc) is 2.52. The minimum atomic E-state index is -0.0863. The molecule has 124 valence electrons. The van der Waals surface area contributed by atoms with Gasteiger partial charge in [-0.25, -0.2) is 0 Å². The monoisotopic (exact) mass is 296 g/mol. The predicted octanol–water partition coefficient (Wildman–Crippen LogP) is 2.84. The van der Waals surface area contributed by atoms with E-state index in [4.69, 9.17) is 0 Å². The van der Waals surface area contributed by atoms with Crippen LogP contribution >= 0.6 is 0 Å². The molecule has 2 fully saturated rings. The van der Waals surface area contributed by atoms with Gasteiger partial charge in [0.1, 0.15) is 0 Å². The maximum Gasteiger partial charge on any atom is 0.0580 e. The lowest BCUT2D eigenvalue weighted by molar-refractivity contribution is -0.00159. The fraction of sp³-hybridized carbons (Fsp3) is 1.00. The van der Waals surface area contributed by atoms with Crippen LogP contribution in [0, 0.1) is 17.3 Å². The molecule has 1 saturated carbocycles. The summed E-state index contributed by atoms with van der Waals surface area (Å²) in [6.07, 6.45) is 4.56. The standard InChI is InChI=1S/C18H36N2O/c1-14-12-19(5)9-6-10-20(14)13-15-11-16(18(2,3)4)7-8-17(15)21/h14-17,21H,6-13H2,1-5H3. The highest BCUT2D eigenvalue weighted by atomic mass is 16.3. The summed E-state index contributed by atoms with van der Waals surface area (Å²) in [4.78, 5) is 5.07. The Labute approximate surface area is 131 Å². The first-order valence-corrected chi connectivity index (χ1v) is 8.88. The van der Waals surface area contributed by atoms with Gasteiger partial charge >= 0.3 is 0 Å². The zero-order valence-electron chi connectivity index (χ0n) is 14.8. The van der Waals surface area contributed by atoms with Crippen molar-refractivity contribution < 1.29 is 5.11 Å². The van der Waals surface area contributed by atoms with E-state index < -0.39 is 0 Å². The first-order chi connectivity index (χ1) is 9.77. The molecule has 3 nitrogen and oxygen atoms in total. The average molecular weight is 296 g/mol. The molecule has 1 N–H and O–H groups in total. The summed E-state index contributed by atoms with van der Waals surface area (Å²) in [6.45, 7) is 14.1. The van der Waals surface area contributed by atoms with Crippen LogP contribution in [0.5, 0.6) is 0 Å². The SMILES string of the molecule is CC1CN(C)CCCN1CC1CC(C(C)(C)C)CCC1O. The van der Waals surface area contributed by atoms with Crippen molar-refractivity contribution in [1.82, 2.24) is 9.80 Å². The maximum absolute atomic E-state index is 10.5. The van der Waals surface area contributed by atoms with Gasteiger partial charge in [-0.2, -0.15) is 0 Å². The lowest BCUT2D eigenvalue weighted by Gasteiger charge is -2.42. The zero-order valence-corrected chi connectivity index (χ0v) is 14.8. The van der Waals surface area contributed by atoms with E-state index in [0.717, 1.165) is 25.4 Å². The maximum atomic E-state index is 10.5. The highest BCUT2D eigenvalue weighted by Gasteiger charge is 2.36. The van der Waals surface area contributed by atoms with E-state index in [1.165, 1.54) is 32.4 Å². The Hall–Kier alpha value is -0.120. The Morgan fingerprint density at radius 2 is 1.86 bits per heavy atom. The number of aliphatic hydroxyl groups is 1. The van der Waals surface area contributed by atoms with Crippen molar-refractivity contribution in [3.63, 3.8) is 0 Å². The molecule has 0 bridgehead atoms. The number of rotatable bonds is 2. The minimum Gasteiger partial charge on any atom is -0.393 e. The highest BCUT2D eigenvalue weighted by Crippen LogP contribution is 2.40. The van der Waals surface area contributed by atoms with Gasteiger partial charge in [0.15, 0.2) is 0 Å². The molecule has 21 heavy (non-hydrogen) atoms. The van der Waals surface area contributed by atoms with Crippen LogP contribution in [0.1, 0.15) is 53.4 Å². The lowest BCUT2D eigenvalue weighted by Crippen LogP contribution is -2.45. The van der Waals surface area contributed by atoms with Gasteiger partial charge in [0.05, 0.1) is 6.10 Å². The number of nitrogens with zero attached hydrogens (tertiary/aromatic N) is 2. The van der Waals surface area contributed by atoms with Crippen molar-refractivity contribution in [2.24, 2.45) is 17.3 Å². The normalized spacial score (nSPS) is 37.4. The van der Waals surface area contributed by atoms with Crippen LogP contribution in [0.15, 0.2) is 0 Å². The van der Waals surface area contributed by atoms with Gasteiger partial charge in [-0.05, 0) is 70.0 Å². The van der Waals surface area contributed by atoms with Crippen molar-refractivity contribution in [2.45, 2.75) is 65.5 Å². The van der Waals surface area contributed by atoms with E-state index in [1.807, 2.05) is 0 Å². The molecule has 2 rings (SSSR count). The van der Waals surface area contributed by atoms with Crippen LogP contribution in [0.4, 0.5) is 0 Å². The van der Waals surface area contributed by atoms with E-state index in [2.05, 4.69) is 44.5 Å². The van der Waals surface area contributed by atoms with E-state index in [-0.39, 0.29) is 6.10 Å². The topological polar surface area (TPSA) is 26.7 Å². The zero-order chi connectivity index (χ0) is 15.6. The number of likely N-dealkylation sites (N-methyl/N-ethyl adjacent to an activating group) is 1. The Kier molecular flexibility index (Phi) is 5.72. The third kappa shape index (κ3) is 4.67. The van der Waals surface area contributed by atoms with Crippen molar-refractivity contribution in [1.29, 1.82) is 0 Å². The van der Waals surface area contributed by atoms with Crippen LogP contribution in [0.2, 0.25) is 0 Å². The first kappa shape index (κ1) is 17.2. The Balaban J connectivity index is 1.96. The number of aliphatic hydroxyl groups excluding tert-OH is 1. The molecule has 1 aliphatic carbocycles. The van der Waals surface area contributed by atoms with Gasteiger partial charge in [0, 0.05) is 19.1 Å². The molecule has 1 heterocycles. The van der Waals surface area contributed by atoms with Crippen LogP contribution < -0.4 is 0 Å². The summed E-state index contributed by atoms with van der Waals surface area (Å²) in [6, 6.07) is 0.611. The second-order valence-corrected chi connectivity index (χ2v) is 8.66. The van der Waals surface area contributed by atoms with Crippen molar-refractivity contribution in [3.05, 3.63) is 0 Å². The number of hydrogen-bond donors (Lipinski definition) is 1. The fourth-order valence-electron chi connectivity index (χ4n) is 4.23. The Bertz CT molecular complexity index is 326. The second-order valence-electron chi connectivity index (χ2n) is 8.66. The van der Waals surface area contributed by atoms with Gasteiger partial charge in [-0.15, -0.1) is 0 Å². The van der Waals surface area contributed by atoms with Gasteiger partial charge in [0.2, 0.25) is 0 Å². The van der Waals surface area contributed by atoms with E-state index >= 15 is 0 Å². The van der Waals surface area contributed by atoms with E-state index in [1.54, 1.807) is 0 Å². The molecule has 3 heteroatoms. The largest absolute Gasteiger partial charge is 0.393 e. The molecule has 0 amide bonds. The van der Waals surface area contributed by atoms with E-state index in [9.17, 15) is 5.11 Å². The molecule has 1 aliphatic heterocycles. The summed E-state index contributed by atoms with van der Waals surface area (Å²) >= 11 is 0. The molecule has 4 unspecified atom stereocenters. The third-order valence-corrected chi connectivity index (χ3v) is 5.82. The predicted molar refractivity (Wildman–Crippen MR) is 89.4 cm³/mol. The van der Waals surface area contributed by atoms with E-state index in [0.29, 0.717) is 17.4 Å². The van der Waals surface area contributed by atoms with Crippen molar-refractivity contribution in [3.8, 4) is 0 Å². The van der Waals surface area contributed by atoms with Gasteiger partial charge in [-0.1, -0.05) is 20.8 Å². The quantitative estimate of drug-likeness (QED) is 0.849. The molecule has 1 saturated heterocycles. The summed E-state index contributed by atoms with van der Waals surface area (Å²) < 4.78 is 0. The smallest absolute Gasteiger partial charge is 0.0580 e. The molecule has 2 aliphatic rings. The molecule has 0 aromatic rings. The van der Waals surface area contributed by atoms with Crippen LogP contribution in [0.3, 0.4) is 0 Å². The molecule has 0 aromatic carbocycles. The summed E-state index contributed by atoms with van der Waals surface area (Å²) in [5.74, 6) is 1.23. The summed E-state index contributed by atoms with van der Waals surface area (Å²) in [7, 11) is 2.23. The number of hydrogen-bond acceptors (Lipinski definition) is 3.